The number of halogens is 1. The Balaban J connectivity index is 1.68. The zero-order valence-electron chi connectivity index (χ0n) is 17.3. The number of hydrogen-bond donors (Lipinski definition) is 2. The molecule has 2 aromatic rings. The van der Waals surface area contributed by atoms with E-state index in [4.69, 9.17) is 16.3 Å². The maximum atomic E-state index is 13.4. The summed E-state index contributed by atoms with van der Waals surface area (Å²) >= 11 is 6.17. The fourth-order valence-electron chi connectivity index (χ4n) is 4.01. The molecule has 4 rings (SSSR count). The minimum absolute atomic E-state index is 0.0977. The lowest BCUT2D eigenvalue weighted by molar-refractivity contribution is -0.134. The predicted octanol–water partition coefficient (Wildman–Crippen LogP) is 1.84. The minimum Gasteiger partial charge on any atom is -0.496 e. The molecule has 1 saturated heterocycles. The van der Waals surface area contributed by atoms with Crippen molar-refractivity contribution in [1.29, 1.82) is 0 Å². The lowest BCUT2D eigenvalue weighted by Gasteiger charge is -2.39. The van der Waals surface area contributed by atoms with E-state index in [-0.39, 0.29) is 37.4 Å². The molecule has 2 aliphatic heterocycles. The van der Waals surface area contributed by atoms with Crippen LogP contribution in [0.2, 0.25) is 5.02 Å². The van der Waals surface area contributed by atoms with Gasteiger partial charge >= 0.3 is 0 Å². The summed E-state index contributed by atoms with van der Waals surface area (Å²) in [5, 5.41) is 6.23. The smallest absolute Gasteiger partial charge is 0.256 e. The van der Waals surface area contributed by atoms with Gasteiger partial charge in [-0.3, -0.25) is 14.4 Å². The molecular formula is C22H23ClN4O4. The van der Waals surface area contributed by atoms with Gasteiger partial charge in [0, 0.05) is 23.7 Å². The van der Waals surface area contributed by atoms with Crippen LogP contribution >= 0.6 is 11.6 Å². The summed E-state index contributed by atoms with van der Waals surface area (Å²) in [6.45, 7) is 1.03. The number of likely N-dealkylation sites (N-methyl/N-ethyl adjacent to an activating group) is 1. The Morgan fingerprint density at radius 2 is 2.00 bits per heavy atom. The van der Waals surface area contributed by atoms with Crippen molar-refractivity contribution in [3.05, 3.63) is 47.0 Å². The molecular weight excluding hydrogens is 420 g/mol. The van der Waals surface area contributed by atoms with Crippen LogP contribution in [-0.4, -0.2) is 73.9 Å². The molecule has 2 heterocycles. The van der Waals surface area contributed by atoms with Crippen molar-refractivity contribution in [2.24, 2.45) is 0 Å². The molecule has 8 nitrogen and oxygen atoms in total. The number of piperazine rings is 1. The van der Waals surface area contributed by atoms with Crippen molar-refractivity contribution in [2.45, 2.75) is 6.04 Å². The molecule has 3 amide bonds. The van der Waals surface area contributed by atoms with Crippen LogP contribution in [-0.2, 0) is 9.59 Å². The number of carbonyl (C=O) groups excluding carboxylic acids is 3. The number of nitrogens with one attached hydrogen (secondary N) is 2. The van der Waals surface area contributed by atoms with Gasteiger partial charge in [0.25, 0.3) is 5.91 Å². The highest BCUT2D eigenvalue weighted by molar-refractivity contribution is 6.31. The molecule has 162 valence electrons. The molecule has 1 fully saturated rings. The van der Waals surface area contributed by atoms with E-state index in [1.54, 1.807) is 54.3 Å². The van der Waals surface area contributed by atoms with Gasteiger partial charge < -0.3 is 25.2 Å². The summed E-state index contributed by atoms with van der Waals surface area (Å²) in [5.41, 5.74) is 2.34. The van der Waals surface area contributed by atoms with Crippen LogP contribution < -0.4 is 15.4 Å². The quantitative estimate of drug-likeness (QED) is 0.754. The lowest BCUT2D eigenvalue weighted by atomic mass is 10.00. The number of hydrogen-bond acceptors (Lipinski definition) is 5. The molecule has 0 saturated carbocycles. The number of benzene rings is 2. The first kappa shape index (κ1) is 21.1. The SMILES string of the molecule is CNCC(=O)N1CCN2C(=O)c3cc(-c4cc(Cl)ccc4OC)ccc3NC(=O)C2C1. The molecule has 9 heteroatoms. The van der Waals surface area contributed by atoms with Gasteiger partial charge in [-0.15, -0.1) is 0 Å². The number of nitrogens with zero attached hydrogens (tertiary/aromatic N) is 2. The molecule has 0 spiro atoms. The zero-order valence-corrected chi connectivity index (χ0v) is 18.0. The van der Waals surface area contributed by atoms with Crippen LogP contribution in [0.5, 0.6) is 5.75 Å². The summed E-state index contributed by atoms with van der Waals surface area (Å²) in [6.07, 6.45) is 0. The van der Waals surface area contributed by atoms with Crippen molar-refractivity contribution in [3.8, 4) is 16.9 Å². The van der Waals surface area contributed by atoms with Crippen molar-refractivity contribution in [1.82, 2.24) is 15.1 Å². The maximum absolute atomic E-state index is 13.4. The van der Waals surface area contributed by atoms with Gasteiger partial charge in [0.1, 0.15) is 11.8 Å². The minimum atomic E-state index is -0.737. The average molecular weight is 443 g/mol. The second-order valence-electron chi connectivity index (χ2n) is 7.48. The Kier molecular flexibility index (Phi) is 5.84. The van der Waals surface area contributed by atoms with Crippen molar-refractivity contribution in [3.63, 3.8) is 0 Å². The number of amides is 3. The highest BCUT2D eigenvalue weighted by atomic mass is 35.5. The Morgan fingerprint density at radius 3 is 2.74 bits per heavy atom. The summed E-state index contributed by atoms with van der Waals surface area (Å²) < 4.78 is 5.44. The lowest BCUT2D eigenvalue weighted by Crippen LogP contribution is -2.60. The monoisotopic (exact) mass is 442 g/mol. The predicted molar refractivity (Wildman–Crippen MR) is 117 cm³/mol. The van der Waals surface area contributed by atoms with Gasteiger partial charge in [-0.25, -0.2) is 0 Å². The van der Waals surface area contributed by atoms with E-state index in [0.29, 0.717) is 28.6 Å². The fraction of sp³-hybridized carbons (Fsp3) is 0.318. The average Bonchev–Trinajstić information content (AvgIpc) is 2.88. The molecule has 2 aliphatic rings. The Bertz CT molecular complexity index is 1060. The van der Waals surface area contributed by atoms with E-state index >= 15 is 0 Å². The van der Waals surface area contributed by atoms with Crippen molar-refractivity contribution in [2.75, 3.05) is 45.7 Å². The normalized spacial score (nSPS) is 18.1. The second kappa shape index (κ2) is 8.56. The number of fused-ring (bicyclic) bond motifs is 2. The number of rotatable bonds is 4. The van der Waals surface area contributed by atoms with Crippen LogP contribution in [0.1, 0.15) is 10.4 Å². The number of carbonyl (C=O) groups is 3. The standard InChI is InChI=1S/C22H23ClN4O4/c1-24-11-20(28)26-7-8-27-18(12-26)21(29)25-17-5-3-13(9-16(17)22(27)30)15-10-14(23)4-6-19(15)31-2/h3-6,9-10,18,24H,7-8,11-12H2,1-2H3,(H,25,29). The van der Waals surface area contributed by atoms with Gasteiger partial charge in [0.15, 0.2) is 0 Å². The molecule has 0 aromatic heterocycles. The summed E-state index contributed by atoms with van der Waals surface area (Å²) in [7, 11) is 3.26. The Labute approximate surface area is 185 Å². The molecule has 2 aromatic carbocycles. The summed E-state index contributed by atoms with van der Waals surface area (Å²) in [4.78, 5) is 41.7. The van der Waals surface area contributed by atoms with Crippen LogP contribution in [0.15, 0.2) is 36.4 Å². The van der Waals surface area contributed by atoms with Crippen LogP contribution in [0.4, 0.5) is 5.69 Å². The van der Waals surface area contributed by atoms with Gasteiger partial charge in [0.05, 0.1) is 31.5 Å². The number of anilines is 1. The second-order valence-corrected chi connectivity index (χ2v) is 7.92. The third kappa shape index (κ3) is 3.96. The number of methoxy groups -OCH3 is 1. The first-order valence-electron chi connectivity index (χ1n) is 9.95. The van der Waals surface area contributed by atoms with E-state index < -0.39 is 6.04 Å². The fourth-order valence-corrected chi connectivity index (χ4v) is 4.19. The van der Waals surface area contributed by atoms with E-state index in [9.17, 15) is 14.4 Å². The molecule has 1 unspecified atom stereocenters. The van der Waals surface area contributed by atoms with Crippen molar-refractivity contribution >= 4 is 35.0 Å². The van der Waals surface area contributed by atoms with Gasteiger partial charge in [-0.05, 0) is 42.9 Å². The zero-order chi connectivity index (χ0) is 22.1. The molecule has 0 radical (unpaired) electrons. The Hall–Kier alpha value is -3.10. The van der Waals surface area contributed by atoms with Gasteiger partial charge in [-0.1, -0.05) is 17.7 Å². The maximum Gasteiger partial charge on any atom is 0.256 e. The third-order valence-electron chi connectivity index (χ3n) is 5.60. The Morgan fingerprint density at radius 1 is 1.19 bits per heavy atom. The van der Waals surface area contributed by atoms with Crippen LogP contribution in [0.3, 0.4) is 0 Å². The van der Waals surface area contributed by atoms with E-state index in [2.05, 4.69) is 10.6 Å². The number of ether oxygens (including phenoxy) is 1. The largest absolute Gasteiger partial charge is 0.496 e. The van der Waals surface area contributed by atoms with E-state index in [1.165, 1.54) is 0 Å². The summed E-state index contributed by atoms with van der Waals surface area (Å²) in [6, 6.07) is 9.81. The molecule has 1 atom stereocenters. The highest BCUT2D eigenvalue weighted by Crippen LogP contribution is 2.36. The molecule has 31 heavy (non-hydrogen) atoms. The topological polar surface area (TPSA) is 91.0 Å². The van der Waals surface area contributed by atoms with Crippen molar-refractivity contribution < 1.29 is 19.1 Å². The summed E-state index contributed by atoms with van der Waals surface area (Å²) in [5.74, 6) is -0.0208. The van der Waals surface area contributed by atoms with E-state index in [1.807, 2.05) is 6.07 Å². The van der Waals surface area contributed by atoms with Crippen LogP contribution in [0.25, 0.3) is 11.1 Å². The first-order valence-corrected chi connectivity index (χ1v) is 10.3. The highest BCUT2D eigenvalue weighted by Gasteiger charge is 2.40. The molecule has 0 bridgehead atoms. The van der Waals surface area contributed by atoms with Gasteiger partial charge in [-0.2, -0.15) is 0 Å². The molecule has 0 aliphatic carbocycles. The first-order chi connectivity index (χ1) is 14.9. The van der Waals surface area contributed by atoms with Gasteiger partial charge in [0.2, 0.25) is 11.8 Å². The van der Waals surface area contributed by atoms with Crippen LogP contribution in [0, 0.1) is 0 Å². The third-order valence-corrected chi connectivity index (χ3v) is 5.84. The molecule has 2 N–H and O–H groups in total. The van der Waals surface area contributed by atoms with E-state index in [0.717, 1.165) is 11.1 Å².